The van der Waals surface area contributed by atoms with Gasteiger partial charge in [-0.1, -0.05) is 6.07 Å². The van der Waals surface area contributed by atoms with Crippen LogP contribution in [0.15, 0.2) is 39.2 Å². The van der Waals surface area contributed by atoms with Crippen LogP contribution in [0.3, 0.4) is 0 Å². The van der Waals surface area contributed by atoms with Gasteiger partial charge >= 0.3 is 0 Å². The van der Waals surface area contributed by atoms with E-state index in [0.29, 0.717) is 22.3 Å². The molecule has 0 aliphatic heterocycles. The Labute approximate surface area is 102 Å². The maximum Gasteiger partial charge on any atom is 0.148 e. The first-order chi connectivity index (χ1) is 7.72. The van der Waals surface area contributed by atoms with Crippen LogP contribution in [0, 0.1) is 5.82 Å². The number of rotatable bonds is 3. The Bertz CT molecular complexity index is 496. The third-order valence-electron chi connectivity index (χ3n) is 2.23. The van der Waals surface area contributed by atoms with Crippen LogP contribution in [0.5, 0.6) is 0 Å². The van der Waals surface area contributed by atoms with E-state index < -0.39 is 0 Å². The van der Waals surface area contributed by atoms with E-state index in [0.717, 1.165) is 5.76 Å². The molecule has 2 aromatic rings. The molecule has 84 valence electrons. The normalized spacial score (nSPS) is 10.7. The summed E-state index contributed by atoms with van der Waals surface area (Å²) >= 11 is 3.15. The molecule has 1 aromatic carbocycles. The van der Waals surface area contributed by atoms with E-state index in [-0.39, 0.29) is 5.82 Å². The third-order valence-corrected chi connectivity index (χ3v) is 2.84. The predicted molar refractivity (Wildman–Crippen MR) is 64.6 cm³/mol. The van der Waals surface area contributed by atoms with E-state index in [9.17, 15) is 4.39 Å². The number of benzene rings is 1. The molecule has 1 aromatic heterocycles. The Kier molecular flexibility index (Phi) is 3.41. The fourth-order valence-electron chi connectivity index (χ4n) is 1.49. The maximum absolute atomic E-state index is 13.8. The Balaban J connectivity index is 2.39. The maximum atomic E-state index is 13.8. The predicted octanol–water partition coefficient (Wildman–Crippen LogP) is 3.57. The number of hydrogen-bond acceptors (Lipinski definition) is 2. The molecule has 0 radical (unpaired) electrons. The third kappa shape index (κ3) is 2.18. The second-order valence-electron chi connectivity index (χ2n) is 3.40. The van der Waals surface area contributed by atoms with E-state index in [1.807, 2.05) is 13.1 Å². The number of hydrogen-bond donors (Lipinski definition) is 1. The fourth-order valence-corrected chi connectivity index (χ4v) is 1.85. The molecule has 0 atom stereocenters. The van der Waals surface area contributed by atoms with E-state index in [2.05, 4.69) is 21.2 Å². The molecule has 16 heavy (non-hydrogen) atoms. The van der Waals surface area contributed by atoms with Crippen LogP contribution in [-0.2, 0) is 6.54 Å². The highest BCUT2D eigenvalue weighted by Crippen LogP contribution is 2.29. The van der Waals surface area contributed by atoms with Crippen molar-refractivity contribution in [3.8, 4) is 11.3 Å². The van der Waals surface area contributed by atoms with Gasteiger partial charge in [0.1, 0.15) is 17.3 Å². The fraction of sp³-hybridized carbons (Fsp3) is 0.167. The van der Waals surface area contributed by atoms with Gasteiger partial charge in [0.2, 0.25) is 0 Å². The quantitative estimate of drug-likeness (QED) is 0.932. The van der Waals surface area contributed by atoms with E-state index in [1.54, 1.807) is 24.3 Å². The molecular formula is C12H11BrFNO. The lowest BCUT2D eigenvalue weighted by molar-refractivity contribution is 0.503. The summed E-state index contributed by atoms with van der Waals surface area (Å²) in [5, 5.41) is 2.98. The van der Waals surface area contributed by atoms with Crippen molar-refractivity contribution in [2.45, 2.75) is 6.54 Å². The number of nitrogens with one attached hydrogen (secondary N) is 1. The summed E-state index contributed by atoms with van der Waals surface area (Å²) in [4.78, 5) is 0. The first-order valence-corrected chi connectivity index (χ1v) is 5.69. The molecule has 0 unspecified atom stereocenters. The van der Waals surface area contributed by atoms with Gasteiger partial charge in [-0.25, -0.2) is 4.39 Å². The Morgan fingerprint density at radius 1 is 1.31 bits per heavy atom. The van der Waals surface area contributed by atoms with Crippen LogP contribution in [0.2, 0.25) is 0 Å². The molecule has 0 aliphatic rings. The molecule has 0 amide bonds. The highest BCUT2D eigenvalue weighted by atomic mass is 79.9. The van der Waals surface area contributed by atoms with Crippen LogP contribution in [0.4, 0.5) is 4.39 Å². The van der Waals surface area contributed by atoms with Crippen LogP contribution in [0.1, 0.15) is 5.76 Å². The molecule has 0 spiro atoms. The lowest BCUT2D eigenvalue weighted by Crippen LogP contribution is -2.03. The van der Waals surface area contributed by atoms with Gasteiger partial charge in [-0.15, -0.1) is 0 Å². The van der Waals surface area contributed by atoms with Gasteiger partial charge in [0, 0.05) is 0 Å². The molecule has 0 aliphatic carbocycles. The van der Waals surface area contributed by atoms with Gasteiger partial charge < -0.3 is 9.73 Å². The summed E-state index contributed by atoms with van der Waals surface area (Å²) in [7, 11) is 1.84. The zero-order valence-electron chi connectivity index (χ0n) is 8.76. The monoisotopic (exact) mass is 283 g/mol. The molecule has 0 saturated heterocycles. The lowest BCUT2D eigenvalue weighted by Gasteiger charge is -2.01. The van der Waals surface area contributed by atoms with Crippen molar-refractivity contribution in [3.05, 3.63) is 46.4 Å². The summed E-state index contributed by atoms with van der Waals surface area (Å²) in [6.45, 7) is 0.635. The van der Waals surface area contributed by atoms with Gasteiger partial charge in [0.15, 0.2) is 0 Å². The average molecular weight is 284 g/mol. The van der Waals surface area contributed by atoms with Gasteiger partial charge in [-0.3, -0.25) is 0 Å². The SMILES string of the molecule is CNCc1ccc(-c2cccc(Br)c2F)o1. The van der Waals surface area contributed by atoms with Crippen molar-refractivity contribution >= 4 is 15.9 Å². The minimum Gasteiger partial charge on any atom is -0.460 e. The minimum absolute atomic E-state index is 0.298. The summed E-state index contributed by atoms with van der Waals surface area (Å²) in [6, 6.07) is 8.75. The zero-order chi connectivity index (χ0) is 11.5. The molecule has 1 heterocycles. The van der Waals surface area contributed by atoms with Crippen LogP contribution < -0.4 is 5.32 Å². The first kappa shape index (κ1) is 11.4. The standard InChI is InChI=1S/C12H11BrFNO/c1-15-7-8-5-6-11(16-8)9-3-2-4-10(13)12(9)14/h2-6,15H,7H2,1H3. The number of furan rings is 1. The highest BCUT2D eigenvalue weighted by Gasteiger charge is 2.11. The first-order valence-electron chi connectivity index (χ1n) is 4.90. The van der Waals surface area contributed by atoms with E-state index in [1.165, 1.54) is 0 Å². The van der Waals surface area contributed by atoms with Crippen molar-refractivity contribution in [3.63, 3.8) is 0 Å². The Morgan fingerprint density at radius 2 is 2.12 bits per heavy atom. The molecule has 2 rings (SSSR count). The Hall–Kier alpha value is -1.13. The summed E-state index contributed by atoms with van der Waals surface area (Å²) in [6.07, 6.45) is 0. The van der Waals surface area contributed by atoms with Crippen LogP contribution >= 0.6 is 15.9 Å². The average Bonchev–Trinajstić information content (AvgIpc) is 2.71. The largest absolute Gasteiger partial charge is 0.460 e. The second kappa shape index (κ2) is 4.80. The smallest absolute Gasteiger partial charge is 0.148 e. The molecule has 1 N–H and O–H groups in total. The van der Waals surface area contributed by atoms with E-state index in [4.69, 9.17) is 4.42 Å². The van der Waals surface area contributed by atoms with Crippen LogP contribution in [-0.4, -0.2) is 7.05 Å². The van der Waals surface area contributed by atoms with Gasteiger partial charge in [-0.05, 0) is 47.2 Å². The number of halogens is 2. The van der Waals surface area contributed by atoms with Crippen molar-refractivity contribution in [1.29, 1.82) is 0 Å². The van der Waals surface area contributed by atoms with Gasteiger partial charge in [0.25, 0.3) is 0 Å². The zero-order valence-corrected chi connectivity index (χ0v) is 10.3. The summed E-state index contributed by atoms with van der Waals surface area (Å²) in [5.74, 6) is 1.04. The lowest BCUT2D eigenvalue weighted by atomic mass is 10.1. The van der Waals surface area contributed by atoms with Crippen molar-refractivity contribution in [1.82, 2.24) is 5.32 Å². The van der Waals surface area contributed by atoms with Crippen molar-refractivity contribution in [2.75, 3.05) is 7.05 Å². The van der Waals surface area contributed by atoms with E-state index >= 15 is 0 Å². The molecule has 2 nitrogen and oxygen atoms in total. The summed E-state index contributed by atoms with van der Waals surface area (Å²) in [5.41, 5.74) is 0.469. The van der Waals surface area contributed by atoms with Gasteiger partial charge in [0.05, 0.1) is 16.6 Å². The topological polar surface area (TPSA) is 25.2 Å². The highest BCUT2D eigenvalue weighted by molar-refractivity contribution is 9.10. The minimum atomic E-state index is -0.298. The molecule has 0 fully saturated rings. The molecule has 4 heteroatoms. The van der Waals surface area contributed by atoms with Gasteiger partial charge in [-0.2, -0.15) is 0 Å². The van der Waals surface area contributed by atoms with Crippen molar-refractivity contribution in [2.24, 2.45) is 0 Å². The summed E-state index contributed by atoms with van der Waals surface area (Å²) < 4.78 is 19.7. The second-order valence-corrected chi connectivity index (χ2v) is 4.25. The molecular weight excluding hydrogens is 273 g/mol. The van der Waals surface area contributed by atoms with Crippen LogP contribution in [0.25, 0.3) is 11.3 Å². The Morgan fingerprint density at radius 3 is 2.88 bits per heavy atom. The molecule has 0 bridgehead atoms. The van der Waals surface area contributed by atoms with Crippen molar-refractivity contribution < 1.29 is 8.81 Å². The molecule has 0 saturated carbocycles.